The van der Waals surface area contributed by atoms with Gasteiger partial charge in [-0.05, 0) is 29.8 Å². The number of nitrogens with one attached hydrogen (secondary N) is 1. The van der Waals surface area contributed by atoms with Crippen molar-refractivity contribution in [2.24, 2.45) is 5.10 Å². The first kappa shape index (κ1) is 18.6. The predicted molar refractivity (Wildman–Crippen MR) is 113 cm³/mol. The van der Waals surface area contributed by atoms with Gasteiger partial charge in [-0.15, -0.1) is 5.10 Å². The number of amides is 1. The molecule has 0 spiro atoms. The number of hydrogen-bond donors (Lipinski definition) is 1. The lowest BCUT2D eigenvalue weighted by Crippen LogP contribution is -2.19. The molecule has 3 aromatic carbocycles. The highest BCUT2D eigenvalue weighted by Crippen LogP contribution is 2.20. The van der Waals surface area contributed by atoms with Crippen LogP contribution in [0.5, 0.6) is 0 Å². The van der Waals surface area contributed by atoms with Crippen molar-refractivity contribution in [3.63, 3.8) is 0 Å². The Kier molecular flexibility index (Phi) is 5.45. The summed E-state index contributed by atoms with van der Waals surface area (Å²) in [5, 5.41) is 9.01. The third-order valence-corrected chi connectivity index (χ3v) is 4.34. The number of para-hydroxylation sites is 1. The molecular formula is C22H16ClN5O. The molecule has 6 nitrogen and oxygen atoms in total. The monoisotopic (exact) mass is 401 g/mol. The van der Waals surface area contributed by atoms with Gasteiger partial charge in [-0.2, -0.15) is 5.10 Å². The Balaban J connectivity index is 1.61. The molecule has 0 aliphatic rings. The van der Waals surface area contributed by atoms with Crippen molar-refractivity contribution in [1.29, 1.82) is 0 Å². The van der Waals surface area contributed by atoms with E-state index in [1.54, 1.807) is 28.9 Å². The Morgan fingerprint density at radius 3 is 2.28 bits per heavy atom. The van der Waals surface area contributed by atoms with Gasteiger partial charge >= 0.3 is 5.91 Å². The van der Waals surface area contributed by atoms with Crippen LogP contribution in [0.2, 0.25) is 5.02 Å². The van der Waals surface area contributed by atoms with E-state index >= 15 is 0 Å². The first-order valence-corrected chi connectivity index (χ1v) is 9.25. The third kappa shape index (κ3) is 4.39. The third-order valence-electron chi connectivity index (χ3n) is 4.09. The number of halogens is 1. The Bertz CT molecular complexity index is 1080. The fourth-order valence-electron chi connectivity index (χ4n) is 2.70. The van der Waals surface area contributed by atoms with Gasteiger partial charge in [-0.25, -0.2) is 15.1 Å². The zero-order valence-corrected chi connectivity index (χ0v) is 16.0. The molecular weight excluding hydrogens is 386 g/mol. The smallest absolute Gasteiger partial charge is 0.264 e. The summed E-state index contributed by atoms with van der Waals surface area (Å²) in [7, 11) is 0. The molecule has 0 radical (unpaired) electrons. The van der Waals surface area contributed by atoms with Gasteiger partial charge in [0.2, 0.25) is 5.82 Å². The number of benzene rings is 3. The van der Waals surface area contributed by atoms with Crippen molar-refractivity contribution in [3.8, 4) is 17.1 Å². The topological polar surface area (TPSA) is 72.2 Å². The molecule has 1 N–H and O–H groups in total. The Morgan fingerprint density at radius 2 is 1.59 bits per heavy atom. The van der Waals surface area contributed by atoms with Gasteiger partial charge in [0.15, 0.2) is 5.82 Å². The second-order valence-electron chi connectivity index (χ2n) is 6.12. The summed E-state index contributed by atoms with van der Waals surface area (Å²) in [6, 6.07) is 26.2. The zero-order valence-electron chi connectivity index (χ0n) is 15.2. The molecule has 0 saturated carbocycles. The number of nitrogens with zero attached hydrogens (tertiary/aromatic N) is 4. The quantitative estimate of drug-likeness (QED) is 0.399. The van der Waals surface area contributed by atoms with Crippen molar-refractivity contribution in [1.82, 2.24) is 20.2 Å². The van der Waals surface area contributed by atoms with Gasteiger partial charge in [0.1, 0.15) is 0 Å². The Labute approximate surface area is 172 Å². The van der Waals surface area contributed by atoms with Crippen molar-refractivity contribution < 1.29 is 4.79 Å². The minimum atomic E-state index is -0.498. The molecule has 142 valence electrons. The zero-order chi connectivity index (χ0) is 20.1. The molecule has 0 bridgehead atoms. The van der Waals surface area contributed by atoms with E-state index in [1.807, 2.05) is 60.7 Å². The van der Waals surface area contributed by atoms with Crippen LogP contribution in [0.1, 0.15) is 16.2 Å². The van der Waals surface area contributed by atoms with Crippen LogP contribution in [0.15, 0.2) is 90.0 Å². The lowest BCUT2D eigenvalue weighted by atomic mass is 10.2. The number of rotatable bonds is 5. The van der Waals surface area contributed by atoms with Crippen LogP contribution < -0.4 is 5.43 Å². The van der Waals surface area contributed by atoms with Crippen LogP contribution in [0.25, 0.3) is 17.1 Å². The fourth-order valence-corrected chi connectivity index (χ4v) is 2.82. The summed E-state index contributed by atoms with van der Waals surface area (Å²) in [6.45, 7) is 0. The lowest BCUT2D eigenvalue weighted by molar-refractivity contribution is 0.0945. The average molecular weight is 402 g/mol. The van der Waals surface area contributed by atoms with Crippen molar-refractivity contribution in [2.45, 2.75) is 0 Å². The predicted octanol–water partition coefficient (Wildman–Crippen LogP) is 4.35. The summed E-state index contributed by atoms with van der Waals surface area (Å²) >= 11 is 5.86. The summed E-state index contributed by atoms with van der Waals surface area (Å²) in [5.41, 5.74) is 4.93. The molecule has 1 amide bonds. The maximum Gasteiger partial charge on any atom is 0.311 e. The van der Waals surface area contributed by atoms with Crippen molar-refractivity contribution in [2.75, 3.05) is 0 Å². The minimum Gasteiger partial charge on any atom is -0.264 e. The van der Waals surface area contributed by atoms with Gasteiger partial charge in [0.25, 0.3) is 0 Å². The van der Waals surface area contributed by atoms with E-state index in [4.69, 9.17) is 11.6 Å². The fraction of sp³-hybridized carbons (Fsp3) is 0. The van der Waals surface area contributed by atoms with E-state index in [0.717, 1.165) is 16.8 Å². The molecule has 4 rings (SSSR count). The van der Waals surface area contributed by atoms with E-state index in [0.29, 0.717) is 10.8 Å². The lowest BCUT2D eigenvalue weighted by Gasteiger charge is -2.05. The maximum absolute atomic E-state index is 12.5. The molecule has 1 aromatic heterocycles. The highest BCUT2D eigenvalue weighted by Gasteiger charge is 2.18. The first-order valence-electron chi connectivity index (χ1n) is 8.87. The summed E-state index contributed by atoms with van der Waals surface area (Å²) in [5.74, 6) is 0.103. The van der Waals surface area contributed by atoms with E-state index in [9.17, 15) is 4.79 Å². The Morgan fingerprint density at radius 1 is 0.931 bits per heavy atom. The number of carbonyl (C=O) groups excluding carboxylic acids is 1. The molecule has 0 unspecified atom stereocenters. The second kappa shape index (κ2) is 8.50. The standard InChI is InChI=1S/C22H16ClN5O/c23-18-13-11-16(12-14-18)15-24-26-22(29)20-25-21(17-7-3-1-4-8-17)28(27-20)19-9-5-2-6-10-19/h1-15H,(H,26,29)/b24-15+. The number of hydrogen-bond acceptors (Lipinski definition) is 4. The minimum absolute atomic E-state index is 0.0287. The van der Waals surface area contributed by atoms with Crippen molar-refractivity contribution in [3.05, 3.63) is 101 Å². The van der Waals surface area contributed by atoms with Crippen LogP contribution >= 0.6 is 11.6 Å². The molecule has 7 heteroatoms. The van der Waals surface area contributed by atoms with Crippen LogP contribution in [0.4, 0.5) is 0 Å². The molecule has 4 aromatic rings. The SMILES string of the molecule is O=C(N/N=C/c1ccc(Cl)cc1)c1nc(-c2ccccc2)n(-c2ccccc2)n1. The summed E-state index contributed by atoms with van der Waals surface area (Å²) in [4.78, 5) is 17.0. The molecule has 0 fully saturated rings. The van der Waals surface area contributed by atoms with E-state index in [1.165, 1.54) is 6.21 Å². The summed E-state index contributed by atoms with van der Waals surface area (Å²) < 4.78 is 1.65. The largest absolute Gasteiger partial charge is 0.311 e. The highest BCUT2D eigenvalue weighted by molar-refractivity contribution is 6.30. The van der Waals surface area contributed by atoms with Gasteiger partial charge in [0, 0.05) is 10.6 Å². The number of hydrazone groups is 1. The summed E-state index contributed by atoms with van der Waals surface area (Å²) in [6.07, 6.45) is 1.53. The van der Waals surface area contributed by atoms with Gasteiger partial charge in [-0.3, -0.25) is 4.79 Å². The van der Waals surface area contributed by atoms with E-state index in [2.05, 4.69) is 20.6 Å². The normalized spacial score (nSPS) is 10.9. The Hall–Kier alpha value is -3.77. The van der Waals surface area contributed by atoms with Crippen LogP contribution in [0.3, 0.4) is 0 Å². The maximum atomic E-state index is 12.5. The number of carbonyl (C=O) groups is 1. The molecule has 0 saturated heterocycles. The van der Waals surface area contributed by atoms with Gasteiger partial charge < -0.3 is 0 Å². The average Bonchev–Trinajstić information content (AvgIpc) is 3.22. The molecule has 0 atom stereocenters. The molecule has 1 heterocycles. The molecule has 0 aliphatic heterocycles. The van der Waals surface area contributed by atoms with E-state index in [-0.39, 0.29) is 5.82 Å². The first-order chi connectivity index (χ1) is 14.2. The highest BCUT2D eigenvalue weighted by atomic mass is 35.5. The van der Waals surface area contributed by atoms with Gasteiger partial charge in [-0.1, -0.05) is 72.3 Å². The van der Waals surface area contributed by atoms with Crippen LogP contribution in [-0.4, -0.2) is 26.9 Å². The van der Waals surface area contributed by atoms with Crippen molar-refractivity contribution >= 4 is 23.7 Å². The van der Waals surface area contributed by atoms with Gasteiger partial charge in [0.05, 0.1) is 11.9 Å². The van der Waals surface area contributed by atoms with Crippen LogP contribution in [0, 0.1) is 0 Å². The molecule has 29 heavy (non-hydrogen) atoms. The molecule has 0 aliphatic carbocycles. The second-order valence-corrected chi connectivity index (χ2v) is 6.56. The van der Waals surface area contributed by atoms with E-state index < -0.39 is 5.91 Å². The van der Waals surface area contributed by atoms with Crippen LogP contribution in [-0.2, 0) is 0 Å². The number of aromatic nitrogens is 3.